The Hall–Kier alpha value is -0.770. The minimum absolute atomic E-state index is 0.00577. The largest absolute Gasteiger partial charge is 0.480 e. The van der Waals surface area contributed by atoms with Crippen LogP contribution in [0.4, 0.5) is 0 Å². The number of hydrogen-bond acceptors (Lipinski definition) is 2. The first-order valence-corrected chi connectivity index (χ1v) is 6.08. The van der Waals surface area contributed by atoms with Crippen LogP contribution < -0.4 is 5.32 Å². The molecule has 94 valence electrons. The summed E-state index contributed by atoms with van der Waals surface area (Å²) >= 11 is 12.0. The number of aliphatic carboxylic acids is 1. The second kappa shape index (κ2) is 6.24. The molecule has 1 aromatic carbocycles. The van der Waals surface area contributed by atoms with Gasteiger partial charge in [0.15, 0.2) is 0 Å². The minimum atomic E-state index is -0.872. The zero-order valence-electron chi connectivity index (χ0n) is 9.71. The predicted octanol–water partition coefficient (Wildman–Crippen LogP) is 3.19. The van der Waals surface area contributed by atoms with Crippen molar-refractivity contribution >= 4 is 29.2 Å². The van der Waals surface area contributed by atoms with Gasteiger partial charge < -0.3 is 5.11 Å². The molecule has 0 aliphatic heterocycles. The van der Waals surface area contributed by atoms with Crippen LogP contribution in [0, 0.1) is 5.92 Å². The highest BCUT2D eigenvalue weighted by atomic mass is 35.5. The van der Waals surface area contributed by atoms with E-state index in [4.69, 9.17) is 28.3 Å². The van der Waals surface area contributed by atoms with E-state index in [9.17, 15) is 4.79 Å². The lowest BCUT2D eigenvalue weighted by Crippen LogP contribution is -2.40. The van der Waals surface area contributed by atoms with Gasteiger partial charge in [-0.25, -0.2) is 0 Å². The first-order valence-electron chi connectivity index (χ1n) is 5.32. The zero-order chi connectivity index (χ0) is 13.0. The summed E-state index contributed by atoms with van der Waals surface area (Å²) < 4.78 is 0. The molecular formula is C12H15Cl2NO2. The number of carboxylic acids is 1. The van der Waals surface area contributed by atoms with E-state index in [1.165, 1.54) is 0 Å². The third-order valence-electron chi connectivity index (χ3n) is 2.49. The average molecular weight is 276 g/mol. The molecule has 0 aromatic heterocycles. The summed E-state index contributed by atoms with van der Waals surface area (Å²) in [6.45, 7) is 4.04. The maximum absolute atomic E-state index is 11.0. The van der Waals surface area contributed by atoms with Gasteiger partial charge in [-0.1, -0.05) is 43.1 Å². The van der Waals surface area contributed by atoms with Crippen LogP contribution in [-0.4, -0.2) is 17.1 Å². The van der Waals surface area contributed by atoms with Crippen LogP contribution in [0.15, 0.2) is 18.2 Å². The topological polar surface area (TPSA) is 49.3 Å². The fraction of sp³-hybridized carbons (Fsp3) is 0.417. The van der Waals surface area contributed by atoms with Crippen molar-refractivity contribution in [2.45, 2.75) is 26.4 Å². The van der Waals surface area contributed by atoms with Crippen LogP contribution in [0.25, 0.3) is 0 Å². The van der Waals surface area contributed by atoms with E-state index < -0.39 is 12.0 Å². The number of rotatable bonds is 5. The average Bonchev–Trinajstić information content (AvgIpc) is 2.21. The minimum Gasteiger partial charge on any atom is -0.480 e. The van der Waals surface area contributed by atoms with Crippen molar-refractivity contribution in [1.29, 1.82) is 0 Å². The van der Waals surface area contributed by atoms with Gasteiger partial charge in [0, 0.05) is 22.2 Å². The molecule has 3 nitrogen and oxygen atoms in total. The van der Waals surface area contributed by atoms with Crippen molar-refractivity contribution < 1.29 is 9.90 Å². The van der Waals surface area contributed by atoms with Crippen molar-refractivity contribution in [3.8, 4) is 0 Å². The van der Waals surface area contributed by atoms with Gasteiger partial charge in [-0.05, 0) is 18.1 Å². The maximum atomic E-state index is 11.0. The maximum Gasteiger partial charge on any atom is 0.320 e. The highest BCUT2D eigenvalue weighted by molar-refractivity contribution is 6.35. The Morgan fingerprint density at radius 3 is 2.29 bits per heavy atom. The molecule has 0 bridgehead atoms. The Morgan fingerprint density at radius 2 is 1.88 bits per heavy atom. The molecule has 0 amide bonds. The summed E-state index contributed by atoms with van der Waals surface area (Å²) in [5, 5.41) is 13.1. The molecule has 0 spiro atoms. The lowest BCUT2D eigenvalue weighted by Gasteiger charge is -2.18. The number of carboxylic acid groups (broad SMARTS) is 1. The van der Waals surface area contributed by atoms with Gasteiger partial charge in [0.05, 0.1) is 0 Å². The molecule has 2 N–H and O–H groups in total. The lowest BCUT2D eigenvalue weighted by atomic mass is 10.0. The van der Waals surface area contributed by atoms with E-state index >= 15 is 0 Å². The Balaban J connectivity index is 2.75. The third kappa shape index (κ3) is 3.87. The molecular weight excluding hydrogens is 261 g/mol. The zero-order valence-corrected chi connectivity index (χ0v) is 11.2. The van der Waals surface area contributed by atoms with Gasteiger partial charge in [0.1, 0.15) is 6.04 Å². The number of nitrogens with one attached hydrogen (secondary N) is 1. The van der Waals surface area contributed by atoms with E-state index in [1.54, 1.807) is 18.2 Å². The highest BCUT2D eigenvalue weighted by Crippen LogP contribution is 2.24. The van der Waals surface area contributed by atoms with Gasteiger partial charge in [-0.3, -0.25) is 10.1 Å². The summed E-state index contributed by atoms with van der Waals surface area (Å²) in [5.74, 6) is -0.878. The quantitative estimate of drug-likeness (QED) is 0.868. The van der Waals surface area contributed by atoms with Crippen molar-refractivity contribution in [3.05, 3.63) is 33.8 Å². The summed E-state index contributed by atoms with van der Waals surface area (Å²) in [6.07, 6.45) is 0. The van der Waals surface area contributed by atoms with E-state index in [0.29, 0.717) is 16.6 Å². The molecule has 0 aliphatic rings. The lowest BCUT2D eigenvalue weighted by molar-refractivity contribution is -0.140. The monoisotopic (exact) mass is 275 g/mol. The van der Waals surface area contributed by atoms with Gasteiger partial charge in [-0.15, -0.1) is 0 Å². The molecule has 0 unspecified atom stereocenters. The van der Waals surface area contributed by atoms with Crippen molar-refractivity contribution in [2.75, 3.05) is 0 Å². The number of halogens is 2. The molecule has 0 radical (unpaired) electrons. The van der Waals surface area contributed by atoms with Crippen LogP contribution in [0.1, 0.15) is 19.4 Å². The summed E-state index contributed by atoms with van der Waals surface area (Å²) in [7, 11) is 0. The second-order valence-electron chi connectivity index (χ2n) is 4.14. The highest BCUT2D eigenvalue weighted by Gasteiger charge is 2.21. The fourth-order valence-electron chi connectivity index (χ4n) is 1.52. The first-order chi connectivity index (χ1) is 7.93. The Bertz CT molecular complexity index is 387. The van der Waals surface area contributed by atoms with Crippen molar-refractivity contribution in [2.24, 2.45) is 5.92 Å². The normalized spacial score (nSPS) is 12.8. The molecule has 0 saturated heterocycles. The molecule has 0 heterocycles. The third-order valence-corrected chi connectivity index (χ3v) is 3.20. The Labute approximate surface area is 111 Å². The SMILES string of the molecule is CC(C)[C@H](NCc1c(Cl)cccc1Cl)C(=O)O. The Morgan fingerprint density at radius 1 is 1.35 bits per heavy atom. The summed E-state index contributed by atoms with van der Waals surface area (Å²) in [5.41, 5.74) is 0.725. The smallest absolute Gasteiger partial charge is 0.320 e. The molecule has 1 atom stereocenters. The first kappa shape index (κ1) is 14.3. The number of carbonyl (C=O) groups is 1. The van der Waals surface area contributed by atoms with E-state index in [2.05, 4.69) is 5.32 Å². The Kier molecular flexibility index (Phi) is 5.25. The second-order valence-corrected chi connectivity index (χ2v) is 4.96. The number of benzene rings is 1. The predicted molar refractivity (Wildman–Crippen MR) is 69.6 cm³/mol. The van der Waals surface area contributed by atoms with Gasteiger partial charge in [0.2, 0.25) is 0 Å². The van der Waals surface area contributed by atoms with Crippen LogP contribution in [0.5, 0.6) is 0 Å². The van der Waals surface area contributed by atoms with Crippen molar-refractivity contribution in [3.63, 3.8) is 0 Å². The summed E-state index contributed by atoms with van der Waals surface area (Å²) in [4.78, 5) is 11.0. The fourth-order valence-corrected chi connectivity index (χ4v) is 2.05. The van der Waals surface area contributed by atoms with Crippen molar-refractivity contribution in [1.82, 2.24) is 5.32 Å². The van der Waals surface area contributed by atoms with Gasteiger partial charge in [0.25, 0.3) is 0 Å². The van der Waals surface area contributed by atoms with E-state index in [1.807, 2.05) is 13.8 Å². The van der Waals surface area contributed by atoms with Gasteiger partial charge >= 0.3 is 5.97 Å². The molecule has 17 heavy (non-hydrogen) atoms. The standard InChI is InChI=1S/C12H15Cl2NO2/c1-7(2)11(12(16)17)15-6-8-9(13)4-3-5-10(8)14/h3-5,7,11,15H,6H2,1-2H3,(H,16,17)/t11-/m0/s1. The van der Waals surface area contributed by atoms with E-state index in [-0.39, 0.29) is 5.92 Å². The van der Waals surface area contributed by atoms with Crippen LogP contribution in [0.2, 0.25) is 10.0 Å². The van der Waals surface area contributed by atoms with Crippen LogP contribution >= 0.6 is 23.2 Å². The molecule has 0 saturated carbocycles. The molecule has 0 aliphatic carbocycles. The van der Waals surface area contributed by atoms with Gasteiger partial charge in [-0.2, -0.15) is 0 Å². The number of hydrogen-bond donors (Lipinski definition) is 2. The molecule has 1 rings (SSSR count). The summed E-state index contributed by atoms with van der Waals surface area (Å²) in [6, 6.07) is 4.61. The molecule has 5 heteroatoms. The van der Waals surface area contributed by atoms with Crippen LogP contribution in [0.3, 0.4) is 0 Å². The van der Waals surface area contributed by atoms with E-state index in [0.717, 1.165) is 5.56 Å². The molecule has 1 aromatic rings. The molecule has 0 fully saturated rings. The van der Waals surface area contributed by atoms with Crippen LogP contribution in [-0.2, 0) is 11.3 Å².